The zero-order chi connectivity index (χ0) is 30.6. The van der Waals surface area contributed by atoms with Gasteiger partial charge < -0.3 is 29.7 Å². The van der Waals surface area contributed by atoms with Gasteiger partial charge in [-0.3, -0.25) is 4.90 Å². The van der Waals surface area contributed by atoms with E-state index in [2.05, 4.69) is 16.1 Å². The van der Waals surface area contributed by atoms with E-state index in [0.717, 1.165) is 43.7 Å². The van der Waals surface area contributed by atoms with Crippen LogP contribution < -0.4 is 15.2 Å². The van der Waals surface area contributed by atoms with E-state index in [0.29, 0.717) is 47.3 Å². The fraction of sp³-hybridized carbons (Fsp3) is 0.375. The number of hydrogen-bond acceptors (Lipinski definition) is 7. The number of imidazole rings is 1. The van der Waals surface area contributed by atoms with Crippen LogP contribution in [0.5, 0.6) is 11.5 Å². The molecule has 0 amide bonds. The highest BCUT2D eigenvalue weighted by atomic mass is 35.5. The Kier molecular flexibility index (Phi) is 7.34. The molecule has 3 aliphatic rings. The Hall–Kier alpha value is -3.93. The molecular formula is C32H32ClF2N5O4. The fourth-order valence-electron chi connectivity index (χ4n) is 6.44. The van der Waals surface area contributed by atoms with E-state index < -0.39 is 17.4 Å². The van der Waals surface area contributed by atoms with Crippen LogP contribution in [0, 0.1) is 11.6 Å². The second-order valence-electron chi connectivity index (χ2n) is 11.7. The first kappa shape index (κ1) is 28.8. The van der Waals surface area contributed by atoms with Gasteiger partial charge in [0.2, 0.25) is 0 Å². The van der Waals surface area contributed by atoms with Crippen molar-refractivity contribution in [2.75, 3.05) is 19.7 Å². The molecule has 2 saturated heterocycles. The van der Waals surface area contributed by atoms with Crippen LogP contribution in [0.4, 0.5) is 8.78 Å². The number of amidine groups is 1. The van der Waals surface area contributed by atoms with E-state index in [4.69, 9.17) is 41.7 Å². The van der Waals surface area contributed by atoms with Gasteiger partial charge in [-0.1, -0.05) is 28.9 Å². The van der Waals surface area contributed by atoms with Gasteiger partial charge in [0.15, 0.2) is 17.3 Å². The molecule has 1 aromatic heterocycles. The highest BCUT2D eigenvalue weighted by molar-refractivity contribution is 6.30. The fourth-order valence-corrected chi connectivity index (χ4v) is 6.60. The largest absolute Gasteiger partial charge is 0.444 e. The van der Waals surface area contributed by atoms with Crippen LogP contribution in [0.25, 0.3) is 11.0 Å². The van der Waals surface area contributed by atoms with Crippen LogP contribution in [0.15, 0.2) is 53.7 Å². The van der Waals surface area contributed by atoms with E-state index in [1.165, 1.54) is 18.2 Å². The zero-order valence-corrected chi connectivity index (χ0v) is 24.9. The average Bonchev–Trinajstić information content (AvgIpc) is 3.50. The molecule has 3 N–H and O–H groups in total. The molecule has 0 aliphatic carbocycles. The summed E-state index contributed by atoms with van der Waals surface area (Å²) in [5.41, 5.74) is 8.26. The van der Waals surface area contributed by atoms with Gasteiger partial charge in [-0.25, -0.2) is 13.8 Å². The Bertz CT molecular complexity index is 1770. The lowest BCUT2D eigenvalue weighted by Gasteiger charge is -2.33. The normalized spacial score (nSPS) is 22.5. The summed E-state index contributed by atoms with van der Waals surface area (Å²) in [6, 6.07) is 13.2. The predicted octanol–water partition coefficient (Wildman–Crippen LogP) is 5.88. The number of hydrogen-bond donors (Lipinski definition) is 2. The average molecular weight is 624 g/mol. The van der Waals surface area contributed by atoms with Crippen molar-refractivity contribution in [2.45, 2.75) is 57.1 Å². The van der Waals surface area contributed by atoms with Crippen molar-refractivity contribution in [1.29, 1.82) is 0 Å². The molecular weight excluding hydrogens is 592 g/mol. The molecule has 0 spiro atoms. The van der Waals surface area contributed by atoms with Gasteiger partial charge in [0.25, 0.3) is 5.79 Å². The van der Waals surface area contributed by atoms with Crippen molar-refractivity contribution in [3.05, 3.63) is 87.7 Å². The molecule has 1 unspecified atom stereocenters. The number of oxime groups is 1. The van der Waals surface area contributed by atoms with E-state index in [1.54, 1.807) is 19.1 Å². The molecule has 44 heavy (non-hydrogen) atoms. The molecule has 4 aromatic rings. The van der Waals surface area contributed by atoms with Gasteiger partial charge >= 0.3 is 0 Å². The third kappa shape index (κ3) is 5.12. The number of nitrogens with two attached hydrogens (primary N) is 1. The number of fused-ring (bicyclic) bond motifs is 2. The number of benzene rings is 3. The highest BCUT2D eigenvalue weighted by Crippen LogP contribution is 2.50. The van der Waals surface area contributed by atoms with Crippen LogP contribution in [-0.2, 0) is 23.6 Å². The minimum absolute atomic E-state index is 0.00778. The van der Waals surface area contributed by atoms with Crippen LogP contribution in [-0.4, -0.2) is 51.3 Å². The first-order valence-electron chi connectivity index (χ1n) is 14.7. The molecule has 0 bridgehead atoms. The summed E-state index contributed by atoms with van der Waals surface area (Å²) in [5, 5.41) is 12.4. The maximum Gasteiger partial charge on any atom is 0.278 e. The Labute approximate surface area is 257 Å². The lowest BCUT2D eigenvalue weighted by Crippen LogP contribution is -2.35. The van der Waals surface area contributed by atoms with Crippen LogP contribution in [0.3, 0.4) is 0 Å². The smallest absolute Gasteiger partial charge is 0.278 e. The monoisotopic (exact) mass is 623 g/mol. The molecule has 12 heteroatoms. The number of likely N-dealkylation sites (tertiary alicyclic amines) is 1. The van der Waals surface area contributed by atoms with Gasteiger partial charge in [0.05, 0.1) is 41.4 Å². The number of rotatable bonds is 7. The van der Waals surface area contributed by atoms with Crippen molar-refractivity contribution in [2.24, 2.45) is 10.9 Å². The summed E-state index contributed by atoms with van der Waals surface area (Å²) in [6.45, 7) is 5.20. The van der Waals surface area contributed by atoms with E-state index in [1.807, 2.05) is 16.7 Å². The van der Waals surface area contributed by atoms with Crippen molar-refractivity contribution in [3.8, 4) is 11.5 Å². The van der Waals surface area contributed by atoms with Crippen molar-refractivity contribution in [3.63, 3.8) is 0 Å². The minimum atomic E-state index is -1.30. The summed E-state index contributed by atoms with van der Waals surface area (Å²) in [4.78, 5) is 7.19. The van der Waals surface area contributed by atoms with Gasteiger partial charge in [-0.15, -0.1) is 0 Å². The molecule has 3 aliphatic heterocycles. The van der Waals surface area contributed by atoms with Gasteiger partial charge in [0, 0.05) is 30.2 Å². The van der Waals surface area contributed by atoms with Crippen LogP contribution in [0.2, 0.25) is 5.02 Å². The first-order chi connectivity index (χ1) is 21.2. The number of ether oxygens (including phenoxy) is 3. The minimum Gasteiger partial charge on any atom is -0.444 e. The third-order valence-corrected chi connectivity index (χ3v) is 9.14. The standard InChI is InChI=1S/C32H32ClF2N5O4/c1-32(23-6-5-19(33)13-25(23)35)43-28-4-2-3-21(30(28)44-32)18-7-10-39(11-8-18)17-29-37-26-14-22(31(36)38-41)24(34)15-27(26)40(29)16-20-9-12-42-20/h2-6,13-15,18,20,41H,7-12,16-17H2,1H3,(H2,36,38)/t20-,32?/m0/s1. The molecule has 0 saturated carbocycles. The van der Waals surface area contributed by atoms with Crippen LogP contribution in [0.1, 0.15) is 54.6 Å². The highest BCUT2D eigenvalue weighted by Gasteiger charge is 2.43. The third-order valence-electron chi connectivity index (χ3n) is 8.90. The number of halogens is 3. The Morgan fingerprint density at radius 3 is 2.61 bits per heavy atom. The Balaban J connectivity index is 1.09. The second-order valence-corrected chi connectivity index (χ2v) is 12.2. The molecule has 3 aromatic carbocycles. The number of aromatic nitrogens is 2. The number of nitrogens with zero attached hydrogens (tertiary/aromatic N) is 4. The second kappa shape index (κ2) is 11.2. The summed E-state index contributed by atoms with van der Waals surface area (Å²) in [6.07, 6.45) is 2.74. The Morgan fingerprint density at radius 2 is 1.91 bits per heavy atom. The van der Waals surface area contributed by atoms with E-state index in [-0.39, 0.29) is 29.0 Å². The molecule has 7 rings (SSSR count). The van der Waals surface area contributed by atoms with E-state index in [9.17, 15) is 8.78 Å². The van der Waals surface area contributed by atoms with Gasteiger partial charge in [0.1, 0.15) is 17.5 Å². The number of para-hydroxylation sites is 1. The van der Waals surface area contributed by atoms with Crippen molar-refractivity contribution >= 4 is 28.5 Å². The van der Waals surface area contributed by atoms with Crippen molar-refractivity contribution in [1.82, 2.24) is 14.5 Å². The lowest BCUT2D eigenvalue weighted by atomic mass is 9.88. The lowest BCUT2D eigenvalue weighted by molar-refractivity contribution is -0.0712. The molecule has 4 heterocycles. The first-order valence-corrected chi connectivity index (χ1v) is 15.1. The summed E-state index contributed by atoms with van der Waals surface area (Å²) in [7, 11) is 0. The zero-order valence-electron chi connectivity index (χ0n) is 24.1. The maximum absolute atomic E-state index is 14.9. The SMILES string of the molecule is CC1(c2ccc(Cl)cc2F)Oc2cccc(C3CCN(Cc4nc5cc(/C(N)=N/O)c(F)cc5n4C[C@@H]4CCO4)CC3)c2O1. The Morgan fingerprint density at radius 1 is 1.11 bits per heavy atom. The molecule has 2 atom stereocenters. The van der Waals surface area contributed by atoms with E-state index >= 15 is 0 Å². The van der Waals surface area contributed by atoms with Crippen molar-refractivity contribution < 1.29 is 28.2 Å². The number of piperidine rings is 1. The molecule has 9 nitrogen and oxygen atoms in total. The topological polar surface area (TPSA) is 107 Å². The maximum atomic E-state index is 14.9. The van der Waals surface area contributed by atoms with Crippen LogP contribution >= 0.6 is 11.6 Å². The summed E-state index contributed by atoms with van der Waals surface area (Å²) >= 11 is 5.97. The molecule has 230 valence electrons. The van der Waals surface area contributed by atoms with Gasteiger partial charge in [-0.05, 0) is 68.6 Å². The molecule has 0 radical (unpaired) electrons. The quantitative estimate of drug-likeness (QED) is 0.115. The summed E-state index contributed by atoms with van der Waals surface area (Å²) in [5.74, 6) is -0.394. The predicted molar refractivity (Wildman–Crippen MR) is 160 cm³/mol. The molecule has 2 fully saturated rings. The summed E-state index contributed by atoms with van der Waals surface area (Å²) < 4.78 is 50.0. The van der Waals surface area contributed by atoms with Gasteiger partial charge in [-0.2, -0.15) is 0 Å².